The molecule has 0 radical (unpaired) electrons. The topological polar surface area (TPSA) is 116 Å². The van der Waals surface area contributed by atoms with Crippen molar-refractivity contribution in [3.8, 4) is 0 Å². The highest BCUT2D eigenvalue weighted by Crippen LogP contribution is 2.28. The molecule has 0 fully saturated rings. The number of nitrogens with one attached hydrogen (secondary N) is 1. The van der Waals surface area contributed by atoms with Crippen molar-refractivity contribution in [2.75, 3.05) is 6.61 Å². The fourth-order valence-electron chi connectivity index (χ4n) is 2.54. The monoisotopic (exact) mass is 464 g/mol. The smallest absolute Gasteiger partial charge is 0.350 e. The number of thiazole rings is 1. The summed E-state index contributed by atoms with van der Waals surface area (Å²) in [5, 5.41) is 14.0. The number of hydrogen-bond donors (Lipinski definition) is 1. The molecule has 0 aliphatic rings. The number of hydrogen-bond acceptors (Lipinski definition) is 8. The Balaban J connectivity index is 1.82. The quantitative estimate of drug-likeness (QED) is 0.274. The summed E-state index contributed by atoms with van der Waals surface area (Å²) in [5.74, 6) is -0.902. The van der Waals surface area contributed by atoms with Gasteiger partial charge in [0.25, 0.3) is 11.6 Å². The van der Waals surface area contributed by atoms with Crippen LogP contribution in [0.25, 0.3) is 10.1 Å². The number of thiocarbonyl (C=S) groups is 1. The van der Waals surface area contributed by atoms with Gasteiger partial charge in [-0.2, -0.15) is 4.99 Å². The number of carbonyl (C=O) groups excluding carboxylic acids is 2. The predicted molar refractivity (Wildman–Crippen MR) is 118 cm³/mol. The second-order valence-electron chi connectivity index (χ2n) is 6.04. The van der Waals surface area contributed by atoms with Crippen LogP contribution in [0.2, 0.25) is 0 Å². The van der Waals surface area contributed by atoms with Crippen LogP contribution in [-0.4, -0.2) is 33.1 Å². The fourth-order valence-corrected chi connectivity index (χ4v) is 4.74. The number of fused-ring (bicyclic) bond motifs is 1. The molecule has 1 amide bonds. The predicted octanol–water partition coefficient (Wildman–Crippen LogP) is 3.31. The summed E-state index contributed by atoms with van der Waals surface area (Å²) in [6, 6.07) is 5.97. The van der Waals surface area contributed by atoms with Gasteiger partial charge in [0.2, 0.25) is 5.11 Å². The molecule has 0 spiro atoms. The van der Waals surface area contributed by atoms with Crippen LogP contribution in [0, 0.1) is 17.0 Å². The van der Waals surface area contributed by atoms with Crippen LogP contribution in [0.15, 0.2) is 29.3 Å². The number of rotatable bonds is 4. The molecule has 0 bridgehead atoms. The van der Waals surface area contributed by atoms with E-state index in [1.807, 2.05) is 0 Å². The van der Waals surface area contributed by atoms with E-state index in [-0.39, 0.29) is 17.4 Å². The zero-order valence-electron chi connectivity index (χ0n) is 16.1. The van der Waals surface area contributed by atoms with Crippen LogP contribution in [0.5, 0.6) is 0 Å². The minimum absolute atomic E-state index is 0.0456. The summed E-state index contributed by atoms with van der Waals surface area (Å²) in [6.45, 7) is 3.75. The zero-order valence-corrected chi connectivity index (χ0v) is 18.6. The largest absolute Gasteiger partial charge is 0.462 e. The number of aromatic nitrogens is 1. The van der Waals surface area contributed by atoms with E-state index >= 15 is 0 Å². The Labute approximate surface area is 183 Å². The molecule has 156 valence electrons. The Morgan fingerprint density at radius 2 is 2.07 bits per heavy atom. The first kappa shape index (κ1) is 21.7. The molecule has 3 rings (SSSR count). The van der Waals surface area contributed by atoms with Gasteiger partial charge in [0, 0.05) is 35.0 Å². The van der Waals surface area contributed by atoms with Gasteiger partial charge in [-0.25, -0.2) is 4.79 Å². The number of carbonyl (C=O) groups is 2. The third kappa shape index (κ3) is 4.45. The maximum absolute atomic E-state index is 12.5. The molecule has 12 heteroatoms. The molecule has 1 aromatic carbocycles. The first-order chi connectivity index (χ1) is 14.2. The van der Waals surface area contributed by atoms with Crippen molar-refractivity contribution in [2.45, 2.75) is 13.8 Å². The molecule has 0 unspecified atom stereocenters. The van der Waals surface area contributed by atoms with Gasteiger partial charge in [-0.15, -0.1) is 11.3 Å². The minimum atomic E-state index is -0.488. The van der Waals surface area contributed by atoms with E-state index in [1.165, 1.54) is 23.5 Å². The third-order valence-corrected chi connectivity index (χ3v) is 6.65. The van der Waals surface area contributed by atoms with Crippen LogP contribution >= 0.6 is 34.9 Å². The minimum Gasteiger partial charge on any atom is -0.462 e. The maximum Gasteiger partial charge on any atom is 0.350 e. The lowest BCUT2D eigenvalue weighted by molar-refractivity contribution is -0.384. The highest BCUT2D eigenvalue weighted by atomic mass is 32.1. The van der Waals surface area contributed by atoms with Gasteiger partial charge in [-0.1, -0.05) is 11.3 Å². The molecular formula is C18H16N4O5S3. The Bertz CT molecular complexity index is 1250. The first-order valence-corrected chi connectivity index (χ1v) is 10.7. The standard InChI is InChI=1S/C18H16N4O5S3/c1-4-27-16(24)14-9(2)21(3)18(30-14)20-17(28)19-15(23)13-8-10-7-11(22(25)26)5-6-12(10)29-13/h5-8H,4H2,1-3H3,(H,19,23,28). The van der Waals surface area contributed by atoms with Gasteiger partial charge < -0.3 is 9.30 Å². The van der Waals surface area contributed by atoms with Crippen molar-refractivity contribution in [1.82, 2.24) is 9.88 Å². The molecule has 0 aliphatic heterocycles. The first-order valence-electron chi connectivity index (χ1n) is 8.62. The molecule has 2 aromatic heterocycles. The fraction of sp³-hybridized carbons (Fsp3) is 0.222. The highest BCUT2D eigenvalue weighted by Gasteiger charge is 2.17. The average Bonchev–Trinajstić information content (AvgIpc) is 3.24. The molecule has 0 aliphatic carbocycles. The number of nitro benzene ring substituents is 1. The third-order valence-electron chi connectivity index (χ3n) is 4.12. The molecular weight excluding hydrogens is 448 g/mol. The second kappa shape index (κ2) is 8.81. The van der Waals surface area contributed by atoms with Crippen LogP contribution in [0.1, 0.15) is 32.0 Å². The van der Waals surface area contributed by atoms with Crippen LogP contribution in [-0.2, 0) is 11.8 Å². The van der Waals surface area contributed by atoms with E-state index in [0.29, 0.717) is 25.6 Å². The summed E-state index contributed by atoms with van der Waals surface area (Å²) >= 11 is 7.48. The SMILES string of the molecule is CCOC(=O)c1sc(=NC(=S)NC(=O)c2cc3cc([N+](=O)[O-])ccc3s2)n(C)c1C. The van der Waals surface area contributed by atoms with Crippen molar-refractivity contribution in [3.63, 3.8) is 0 Å². The van der Waals surface area contributed by atoms with Crippen molar-refractivity contribution in [1.29, 1.82) is 0 Å². The van der Waals surface area contributed by atoms with E-state index in [0.717, 1.165) is 16.0 Å². The number of nitro groups is 1. The number of nitrogens with zero attached hydrogens (tertiary/aromatic N) is 3. The Hall–Kier alpha value is -2.96. The van der Waals surface area contributed by atoms with Crippen LogP contribution in [0.4, 0.5) is 5.69 Å². The number of benzene rings is 1. The second-order valence-corrected chi connectivity index (χ2v) is 8.49. The van der Waals surface area contributed by atoms with Gasteiger partial charge in [-0.3, -0.25) is 20.2 Å². The number of non-ortho nitro benzene ring substituents is 1. The summed E-state index contributed by atoms with van der Waals surface area (Å²) < 4.78 is 7.46. The average molecular weight is 465 g/mol. The lowest BCUT2D eigenvalue weighted by atomic mass is 10.2. The number of thiophene rings is 1. The van der Waals surface area contributed by atoms with Crippen molar-refractivity contribution in [2.24, 2.45) is 12.0 Å². The van der Waals surface area contributed by atoms with Crippen LogP contribution in [0.3, 0.4) is 0 Å². The van der Waals surface area contributed by atoms with Crippen molar-refractivity contribution in [3.05, 3.63) is 54.6 Å². The van der Waals surface area contributed by atoms with E-state index in [1.54, 1.807) is 37.6 Å². The Kier molecular flexibility index (Phi) is 6.39. The van der Waals surface area contributed by atoms with Crippen molar-refractivity contribution >= 4 is 67.7 Å². The molecule has 1 N–H and O–H groups in total. The molecule has 0 atom stereocenters. The summed E-state index contributed by atoms with van der Waals surface area (Å²) in [5.41, 5.74) is 0.633. The molecule has 0 saturated carbocycles. The van der Waals surface area contributed by atoms with E-state index < -0.39 is 16.8 Å². The van der Waals surface area contributed by atoms with Gasteiger partial charge in [-0.05, 0) is 38.2 Å². The lowest BCUT2D eigenvalue weighted by Gasteiger charge is -2.01. The summed E-state index contributed by atoms with van der Waals surface area (Å²) in [7, 11) is 1.73. The lowest BCUT2D eigenvalue weighted by Crippen LogP contribution is -2.29. The number of amides is 1. The van der Waals surface area contributed by atoms with Gasteiger partial charge in [0.1, 0.15) is 4.88 Å². The molecule has 9 nitrogen and oxygen atoms in total. The molecule has 2 heterocycles. The van der Waals surface area contributed by atoms with E-state index in [2.05, 4.69) is 10.3 Å². The normalized spacial score (nSPS) is 11.5. The number of ether oxygens (including phenoxy) is 1. The Morgan fingerprint density at radius 1 is 1.33 bits per heavy atom. The number of esters is 1. The Morgan fingerprint density at radius 3 is 2.73 bits per heavy atom. The molecule has 0 saturated heterocycles. The summed E-state index contributed by atoms with van der Waals surface area (Å²) in [6.07, 6.45) is 0. The van der Waals surface area contributed by atoms with Gasteiger partial charge >= 0.3 is 5.97 Å². The van der Waals surface area contributed by atoms with Gasteiger partial charge in [0.15, 0.2) is 4.80 Å². The van der Waals surface area contributed by atoms with Crippen molar-refractivity contribution < 1.29 is 19.2 Å². The zero-order chi connectivity index (χ0) is 22.0. The molecule has 3 aromatic rings. The summed E-state index contributed by atoms with van der Waals surface area (Å²) in [4.78, 5) is 40.4. The van der Waals surface area contributed by atoms with E-state index in [4.69, 9.17) is 17.0 Å². The van der Waals surface area contributed by atoms with Gasteiger partial charge in [0.05, 0.1) is 16.4 Å². The highest BCUT2D eigenvalue weighted by molar-refractivity contribution is 7.80. The maximum atomic E-state index is 12.5. The van der Waals surface area contributed by atoms with E-state index in [9.17, 15) is 19.7 Å². The molecule has 30 heavy (non-hydrogen) atoms. The van der Waals surface area contributed by atoms with Crippen LogP contribution < -0.4 is 10.1 Å².